The molecule has 0 bridgehead atoms. The first-order valence-corrected chi connectivity index (χ1v) is 14.5. The molecule has 194 valence electrons. The van der Waals surface area contributed by atoms with Crippen molar-refractivity contribution in [3.8, 4) is 0 Å². The molecule has 1 aliphatic heterocycles. The number of hydrazone groups is 1. The van der Waals surface area contributed by atoms with Crippen LogP contribution in [-0.2, 0) is 13.0 Å². The monoisotopic (exact) mass is 487 g/mol. The summed E-state index contributed by atoms with van der Waals surface area (Å²) in [5.41, 5.74) is 7.44. The molecular formula is C32H45N3O. The van der Waals surface area contributed by atoms with Gasteiger partial charge in [-0.05, 0) is 87.2 Å². The topological polar surface area (TPSA) is 44.7 Å². The SMILES string of the molecule is O=C(NN=C1CCCCCCCCCCC1)c1ccc(CN2CCC(Cc3ccccc3)CC2)cc1. The Morgan fingerprint density at radius 1 is 0.750 bits per heavy atom. The molecule has 0 spiro atoms. The summed E-state index contributed by atoms with van der Waals surface area (Å²) in [4.78, 5) is 15.3. The molecule has 1 heterocycles. The minimum Gasteiger partial charge on any atom is -0.299 e. The summed E-state index contributed by atoms with van der Waals surface area (Å²) in [5.74, 6) is 0.693. The van der Waals surface area contributed by atoms with Crippen molar-refractivity contribution in [2.45, 2.75) is 96.4 Å². The number of piperidine rings is 1. The van der Waals surface area contributed by atoms with Gasteiger partial charge in [-0.15, -0.1) is 0 Å². The summed E-state index contributed by atoms with van der Waals surface area (Å²) in [5, 5.41) is 4.55. The second-order valence-electron chi connectivity index (χ2n) is 10.9. The number of carbonyl (C=O) groups excluding carboxylic acids is 1. The van der Waals surface area contributed by atoms with Gasteiger partial charge < -0.3 is 0 Å². The van der Waals surface area contributed by atoms with Crippen LogP contribution in [0.5, 0.6) is 0 Å². The van der Waals surface area contributed by atoms with Gasteiger partial charge in [-0.2, -0.15) is 5.10 Å². The van der Waals surface area contributed by atoms with Crippen LogP contribution in [-0.4, -0.2) is 29.6 Å². The standard InChI is InChI=1S/C32H45N3O/c36-32(34-33-31-15-11-6-4-2-1-3-5-7-12-16-31)30-19-17-29(18-20-30)26-35-23-21-28(22-24-35)25-27-13-9-8-10-14-27/h8-10,13-14,17-20,28H,1-7,11-12,15-16,21-26H2,(H,34,36). The van der Waals surface area contributed by atoms with Gasteiger partial charge >= 0.3 is 0 Å². The van der Waals surface area contributed by atoms with Crippen LogP contribution in [0.3, 0.4) is 0 Å². The van der Waals surface area contributed by atoms with Gasteiger partial charge in [-0.25, -0.2) is 5.43 Å². The highest BCUT2D eigenvalue weighted by molar-refractivity contribution is 5.95. The van der Waals surface area contributed by atoms with Crippen molar-refractivity contribution >= 4 is 11.6 Å². The second-order valence-corrected chi connectivity index (χ2v) is 10.9. The van der Waals surface area contributed by atoms with Crippen LogP contribution in [0.4, 0.5) is 0 Å². The molecule has 2 aliphatic rings. The summed E-state index contributed by atoms with van der Waals surface area (Å²) in [7, 11) is 0. The Labute approximate surface area is 218 Å². The van der Waals surface area contributed by atoms with Gasteiger partial charge in [0, 0.05) is 17.8 Å². The lowest BCUT2D eigenvalue weighted by Gasteiger charge is -2.32. The number of nitrogens with zero attached hydrogens (tertiary/aromatic N) is 2. The van der Waals surface area contributed by atoms with Gasteiger partial charge in [0.25, 0.3) is 5.91 Å². The third-order valence-electron chi connectivity index (χ3n) is 7.94. The number of benzene rings is 2. The maximum atomic E-state index is 12.7. The molecule has 1 N–H and O–H groups in total. The lowest BCUT2D eigenvalue weighted by Crippen LogP contribution is -2.33. The number of hydrogen-bond acceptors (Lipinski definition) is 3. The van der Waals surface area contributed by atoms with E-state index in [1.54, 1.807) is 0 Å². The van der Waals surface area contributed by atoms with E-state index >= 15 is 0 Å². The zero-order chi connectivity index (χ0) is 24.8. The number of amides is 1. The van der Waals surface area contributed by atoms with Crippen molar-refractivity contribution < 1.29 is 4.79 Å². The van der Waals surface area contributed by atoms with Crippen molar-refractivity contribution in [3.05, 3.63) is 71.3 Å². The fraction of sp³-hybridized carbons (Fsp3) is 0.562. The number of rotatable bonds is 6. The summed E-state index contributed by atoms with van der Waals surface area (Å²) < 4.78 is 0. The maximum Gasteiger partial charge on any atom is 0.271 e. The molecule has 2 aromatic carbocycles. The van der Waals surface area contributed by atoms with Crippen LogP contribution in [0.2, 0.25) is 0 Å². The van der Waals surface area contributed by atoms with Crippen molar-refractivity contribution in [2.75, 3.05) is 13.1 Å². The lowest BCUT2D eigenvalue weighted by atomic mass is 9.90. The molecule has 36 heavy (non-hydrogen) atoms. The number of nitrogens with one attached hydrogen (secondary N) is 1. The van der Waals surface area contributed by atoms with Crippen LogP contribution in [0.1, 0.15) is 105 Å². The Morgan fingerprint density at radius 2 is 1.33 bits per heavy atom. The second kappa shape index (κ2) is 14.9. The van der Waals surface area contributed by atoms with Crippen molar-refractivity contribution in [3.63, 3.8) is 0 Å². The predicted molar refractivity (Wildman–Crippen MR) is 150 cm³/mol. The van der Waals surface area contributed by atoms with E-state index in [4.69, 9.17) is 0 Å². The van der Waals surface area contributed by atoms with Crippen LogP contribution in [0, 0.1) is 5.92 Å². The normalized spacial score (nSPS) is 19.2. The summed E-state index contributed by atoms with van der Waals surface area (Å²) >= 11 is 0. The van der Waals surface area contributed by atoms with Gasteiger partial charge in [0.05, 0.1) is 0 Å². The molecule has 1 amide bonds. The van der Waals surface area contributed by atoms with E-state index in [2.05, 4.69) is 57.9 Å². The van der Waals surface area contributed by atoms with E-state index in [-0.39, 0.29) is 5.91 Å². The van der Waals surface area contributed by atoms with E-state index in [1.165, 1.54) is 88.2 Å². The first-order valence-electron chi connectivity index (χ1n) is 14.5. The molecule has 4 heteroatoms. The maximum absolute atomic E-state index is 12.7. The molecule has 0 aromatic heterocycles. The molecule has 1 saturated carbocycles. The number of likely N-dealkylation sites (tertiary alicyclic amines) is 1. The summed E-state index contributed by atoms with van der Waals surface area (Å²) in [6.07, 6.45) is 17.5. The largest absolute Gasteiger partial charge is 0.299 e. The minimum atomic E-state index is -0.0955. The minimum absolute atomic E-state index is 0.0955. The Kier molecular flexibility index (Phi) is 11.0. The average molecular weight is 488 g/mol. The first-order chi connectivity index (χ1) is 17.8. The smallest absolute Gasteiger partial charge is 0.271 e. The molecule has 4 nitrogen and oxygen atoms in total. The lowest BCUT2D eigenvalue weighted by molar-refractivity contribution is 0.0954. The highest BCUT2D eigenvalue weighted by atomic mass is 16.2. The molecule has 2 aromatic rings. The van der Waals surface area contributed by atoms with Gasteiger partial charge in [-0.1, -0.05) is 87.4 Å². The van der Waals surface area contributed by atoms with E-state index in [0.29, 0.717) is 5.56 Å². The Bertz CT molecular complexity index is 916. The van der Waals surface area contributed by atoms with Gasteiger partial charge in [-0.3, -0.25) is 9.69 Å². The third kappa shape index (κ3) is 9.20. The fourth-order valence-electron chi connectivity index (χ4n) is 5.64. The Hall–Kier alpha value is -2.46. The first kappa shape index (κ1) is 26.6. The molecular weight excluding hydrogens is 442 g/mol. The highest BCUT2D eigenvalue weighted by Crippen LogP contribution is 2.23. The van der Waals surface area contributed by atoms with Crippen LogP contribution in [0.25, 0.3) is 0 Å². The van der Waals surface area contributed by atoms with E-state index in [1.807, 2.05) is 12.1 Å². The van der Waals surface area contributed by atoms with Gasteiger partial charge in [0.1, 0.15) is 0 Å². The van der Waals surface area contributed by atoms with Crippen molar-refractivity contribution in [1.29, 1.82) is 0 Å². The zero-order valence-corrected chi connectivity index (χ0v) is 22.1. The van der Waals surface area contributed by atoms with E-state index in [0.717, 1.165) is 44.1 Å². The Balaban J connectivity index is 1.21. The molecule has 4 rings (SSSR count). The molecule has 2 fully saturated rings. The van der Waals surface area contributed by atoms with Crippen LogP contribution >= 0.6 is 0 Å². The molecule has 0 atom stereocenters. The van der Waals surface area contributed by atoms with E-state index < -0.39 is 0 Å². The van der Waals surface area contributed by atoms with E-state index in [9.17, 15) is 4.79 Å². The number of hydrogen-bond donors (Lipinski definition) is 1. The zero-order valence-electron chi connectivity index (χ0n) is 22.1. The third-order valence-corrected chi connectivity index (χ3v) is 7.94. The van der Waals surface area contributed by atoms with Crippen LogP contribution < -0.4 is 5.43 Å². The Morgan fingerprint density at radius 3 is 1.94 bits per heavy atom. The van der Waals surface area contributed by atoms with Gasteiger partial charge in [0.2, 0.25) is 0 Å². The molecule has 1 saturated heterocycles. The predicted octanol–water partition coefficient (Wildman–Crippen LogP) is 7.53. The van der Waals surface area contributed by atoms with Crippen LogP contribution in [0.15, 0.2) is 59.7 Å². The summed E-state index contributed by atoms with van der Waals surface area (Å²) in [6, 6.07) is 19.0. The fourth-order valence-corrected chi connectivity index (χ4v) is 5.64. The average Bonchev–Trinajstić information content (AvgIpc) is 2.90. The molecule has 1 aliphatic carbocycles. The quantitative estimate of drug-likeness (QED) is 0.428. The van der Waals surface area contributed by atoms with Crippen molar-refractivity contribution in [1.82, 2.24) is 10.3 Å². The van der Waals surface area contributed by atoms with Gasteiger partial charge in [0.15, 0.2) is 0 Å². The highest BCUT2D eigenvalue weighted by Gasteiger charge is 2.19. The molecule has 0 radical (unpaired) electrons. The number of carbonyl (C=O) groups is 1. The van der Waals surface area contributed by atoms with Crippen molar-refractivity contribution in [2.24, 2.45) is 11.0 Å². The summed E-state index contributed by atoms with van der Waals surface area (Å²) in [6.45, 7) is 3.26. The molecule has 0 unspecified atom stereocenters.